The first-order valence-corrected chi connectivity index (χ1v) is 11.2. The lowest BCUT2D eigenvalue weighted by Crippen LogP contribution is -2.10. The number of benzene rings is 5. The predicted octanol–water partition coefficient (Wildman–Crippen LogP) is 9.03. The van der Waals surface area contributed by atoms with Crippen LogP contribution in [0.4, 0.5) is 17.1 Å². The maximum atomic E-state index is 6.43. The Bertz CT molecular complexity index is 1510. The molecule has 0 fully saturated rings. The molecule has 0 spiro atoms. The number of rotatable bonds is 4. The minimum atomic E-state index is 0.891. The summed E-state index contributed by atoms with van der Waals surface area (Å²) < 4.78 is 6.43. The van der Waals surface area contributed by atoms with Gasteiger partial charge in [-0.1, -0.05) is 78.9 Å². The van der Waals surface area contributed by atoms with E-state index in [0.29, 0.717) is 0 Å². The first-order valence-electron chi connectivity index (χ1n) is 11.2. The van der Waals surface area contributed by atoms with E-state index in [2.05, 4.69) is 133 Å². The fraction of sp³-hybridized carbons (Fsp3) is 0.0323. The van der Waals surface area contributed by atoms with Gasteiger partial charge in [0.2, 0.25) is 0 Å². The van der Waals surface area contributed by atoms with Crippen LogP contribution >= 0.6 is 0 Å². The smallest absolute Gasteiger partial charge is 0.137 e. The van der Waals surface area contributed by atoms with Gasteiger partial charge in [0, 0.05) is 16.8 Å². The summed E-state index contributed by atoms with van der Waals surface area (Å²) >= 11 is 0. The van der Waals surface area contributed by atoms with Crippen molar-refractivity contribution in [3.63, 3.8) is 0 Å². The molecule has 1 aromatic heterocycles. The minimum Gasteiger partial charge on any atom is -0.456 e. The molecule has 0 N–H and O–H groups in total. The number of para-hydroxylation sites is 2. The average molecular weight is 426 g/mol. The van der Waals surface area contributed by atoms with Crippen LogP contribution in [-0.4, -0.2) is 0 Å². The second kappa shape index (κ2) is 7.99. The van der Waals surface area contributed by atoms with E-state index >= 15 is 0 Å². The number of furan rings is 1. The van der Waals surface area contributed by atoms with E-state index in [0.717, 1.165) is 39.0 Å². The number of aryl methyl sites for hydroxylation is 1. The van der Waals surface area contributed by atoms with Gasteiger partial charge in [0.05, 0.1) is 11.1 Å². The number of hydrogen-bond donors (Lipinski definition) is 0. The number of anilines is 3. The van der Waals surface area contributed by atoms with Crippen LogP contribution in [0.2, 0.25) is 0 Å². The van der Waals surface area contributed by atoms with E-state index in [1.54, 1.807) is 0 Å². The first kappa shape index (κ1) is 19.4. The Morgan fingerprint density at radius 2 is 1.15 bits per heavy atom. The van der Waals surface area contributed by atoms with Gasteiger partial charge in [-0.25, -0.2) is 0 Å². The molecule has 0 aliphatic heterocycles. The van der Waals surface area contributed by atoms with E-state index in [1.165, 1.54) is 16.7 Å². The largest absolute Gasteiger partial charge is 0.456 e. The van der Waals surface area contributed by atoms with E-state index in [1.807, 2.05) is 0 Å². The van der Waals surface area contributed by atoms with Crippen molar-refractivity contribution in [1.29, 1.82) is 0 Å². The molecule has 2 heteroatoms. The summed E-state index contributed by atoms with van der Waals surface area (Å²) in [7, 11) is 0. The van der Waals surface area contributed by atoms with Gasteiger partial charge in [-0.3, -0.25) is 0 Å². The van der Waals surface area contributed by atoms with Gasteiger partial charge in [0.1, 0.15) is 11.2 Å². The van der Waals surface area contributed by atoms with Crippen LogP contribution in [-0.2, 0) is 0 Å². The highest BCUT2D eigenvalue weighted by atomic mass is 16.3. The Morgan fingerprint density at radius 1 is 0.545 bits per heavy atom. The van der Waals surface area contributed by atoms with Crippen molar-refractivity contribution < 1.29 is 4.42 Å². The maximum Gasteiger partial charge on any atom is 0.137 e. The summed E-state index contributed by atoms with van der Waals surface area (Å²) in [6.45, 7) is 2.13. The van der Waals surface area contributed by atoms with Gasteiger partial charge in [-0.2, -0.15) is 0 Å². The molecule has 0 aliphatic carbocycles. The molecule has 0 unspecified atom stereocenters. The van der Waals surface area contributed by atoms with Gasteiger partial charge in [-0.15, -0.1) is 0 Å². The van der Waals surface area contributed by atoms with Crippen LogP contribution in [0.5, 0.6) is 0 Å². The molecule has 1 heterocycles. The first-order chi connectivity index (χ1) is 16.3. The van der Waals surface area contributed by atoms with Crippen LogP contribution in [0.15, 0.2) is 126 Å². The predicted molar refractivity (Wildman–Crippen MR) is 139 cm³/mol. The topological polar surface area (TPSA) is 16.4 Å². The van der Waals surface area contributed by atoms with Gasteiger partial charge in [0.15, 0.2) is 0 Å². The lowest BCUT2D eigenvalue weighted by atomic mass is 9.96. The van der Waals surface area contributed by atoms with Crippen molar-refractivity contribution in [3.05, 3.63) is 127 Å². The van der Waals surface area contributed by atoms with Crippen molar-refractivity contribution in [2.24, 2.45) is 0 Å². The zero-order valence-electron chi connectivity index (χ0n) is 18.4. The van der Waals surface area contributed by atoms with Crippen LogP contribution in [0, 0.1) is 6.92 Å². The van der Waals surface area contributed by atoms with Crippen molar-refractivity contribution in [1.82, 2.24) is 0 Å². The molecule has 6 rings (SSSR count). The van der Waals surface area contributed by atoms with Gasteiger partial charge in [0.25, 0.3) is 0 Å². The molecule has 158 valence electrons. The summed E-state index contributed by atoms with van der Waals surface area (Å²) in [5.41, 5.74) is 8.69. The molecule has 0 saturated carbocycles. The minimum absolute atomic E-state index is 0.891. The Labute approximate surface area is 193 Å². The molecule has 33 heavy (non-hydrogen) atoms. The zero-order chi connectivity index (χ0) is 22.2. The third-order valence-electron chi connectivity index (χ3n) is 6.08. The Hall–Kier alpha value is -4.30. The molecule has 0 bridgehead atoms. The average Bonchev–Trinajstić information content (AvgIpc) is 3.24. The fourth-order valence-electron chi connectivity index (χ4n) is 4.68. The molecule has 0 aliphatic rings. The molecule has 0 saturated heterocycles. The van der Waals surface area contributed by atoms with Gasteiger partial charge in [-0.05, 0) is 66.1 Å². The SMILES string of the molecule is Cc1cc(-c2ccccc2)c2c(c1)oc1cccc(N(c3ccccc3)c3ccccc3)c12. The highest BCUT2D eigenvalue weighted by Crippen LogP contribution is 2.45. The normalized spacial score (nSPS) is 11.2. The van der Waals surface area contributed by atoms with E-state index in [9.17, 15) is 0 Å². The lowest BCUT2D eigenvalue weighted by Gasteiger charge is -2.26. The number of hydrogen-bond acceptors (Lipinski definition) is 2. The standard InChI is InChI=1S/C31H23NO/c1-22-20-26(23-12-5-2-6-13-23)30-29(21-22)33-28-19-11-18-27(31(28)30)32(24-14-7-3-8-15-24)25-16-9-4-10-17-25/h2-21H,1H3. The molecule has 0 atom stereocenters. The van der Waals surface area contributed by atoms with Gasteiger partial charge >= 0.3 is 0 Å². The van der Waals surface area contributed by atoms with Crippen LogP contribution in [0.1, 0.15) is 5.56 Å². The summed E-state index contributed by atoms with van der Waals surface area (Å²) in [4.78, 5) is 2.31. The summed E-state index contributed by atoms with van der Waals surface area (Å²) in [6, 6.07) is 42.3. The van der Waals surface area contributed by atoms with Crippen molar-refractivity contribution in [2.45, 2.75) is 6.92 Å². The summed E-state index contributed by atoms with van der Waals surface area (Å²) in [5, 5.41) is 2.27. The molecule has 5 aromatic carbocycles. The zero-order valence-corrected chi connectivity index (χ0v) is 18.4. The second-order valence-corrected chi connectivity index (χ2v) is 8.31. The van der Waals surface area contributed by atoms with E-state index in [-0.39, 0.29) is 0 Å². The summed E-state index contributed by atoms with van der Waals surface area (Å²) in [5.74, 6) is 0. The Balaban J connectivity index is 1.72. The fourth-order valence-corrected chi connectivity index (χ4v) is 4.68. The van der Waals surface area contributed by atoms with E-state index < -0.39 is 0 Å². The van der Waals surface area contributed by atoms with Crippen molar-refractivity contribution >= 4 is 39.0 Å². The highest BCUT2D eigenvalue weighted by Gasteiger charge is 2.21. The van der Waals surface area contributed by atoms with Crippen molar-refractivity contribution in [3.8, 4) is 11.1 Å². The molecule has 0 amide bonds. The molecule has 0 radical (unpaired) electrons. The molecular formula is C31H23NO. The quantitative estimate of drug-likeness (QED) is 0.280. The highest BCUT2D eigenvalue weighted by molar-refractivity contribution is 6.18. The number of fused-ring (bicyclic) bond motifs is 3. The van der Waals surface area contributed by atoms with Crippen LogP contribution in [0.25, 0.3) is 33.1 Å². The molecule has 2 nitrogen and oxygen atoms in total. The number of nitrogens with zero attached hydrogens (tertiary/aromatic N) is 1. The second-order valence-electron chi connectivity index (χ2n) is 8.31. The molecular weight excluding hydrogens is 402 g/mol. The summed E-state index contributed by atoms with van der Waals surface area (Å²) in [6.07, 6.45) is 0. The van der Waals surface area contributed by atoms with Gasteiger partial charge < -0.3 is 9.32 Å². The third-order valence-corrected chi connectivity index (χ3v) is 6.08. The Morgan fingerprint density at radius 3 is 1.79 bits per heavy atom. The van der Waals surface area contributed by atoms with Crippen molar-refractivity contribution in [2.75, 3.05) is 4.90 Å². The Kier molecular flexibility index (Phi) is 4.70. The van der Waals surface area contributed by atoms with Crippen LogP contribution in [0.3, 0.4) is 0 Å². The van der Waals surface area contributed by atoms with E-state index in [4.69, 9.17) is 4.42 Å². The lowest BCUT2D eigenvalue weighted by molar-refractivity contribution is 0.668. The third kappa shape index (κ3) is 3.37. The molecule has 6 aromatic rings. The monoisotopic (exact) mass is 425 g/mol. The van der Waals surface area contributed by atoms with Crippen LogP contribution < -0.4 is 4.90 Å². The maximum absolute atomic E-state index is 6.43.